The molecule has 0 unspecified atom stereocenters. The van der Waals surface area contributed by atoms with E-state index in [0.29, 0.717) is 42.2 Å². The number of fused-ring (bicyclic) bond motifs is 2. The Labute approximate surface area is 181 Å². The van der Waals surface area contributed by atoms with Crippen molar-refractivity contribution in [2.24, 2.45) is 5.92 Å². The molecule has 0 spiro atoms. The van der Waals surface area contributed by atoms with Crippen LogP contribution in [0.15, 0.2) is 36.5 Å². The maximum absolute atomic E-state index is 12.8. The summed E-state index contributed by atoms with van der Waals surface area (Å²) in [6, 6.07) is 9.61. The molecule has 2 aliphatic rings. The van der Waals surface area contributed by atoms with Crippen LogP contribution < -0.4 is 14.8 Å². The Morgan fingerprint density at radius 3 is 2.81 bits per heavy atom. The highest BCUT2D eigenvalue weighted by Crippen LogP contribution is 2.34. The molecule has 1 N–H and O–H groups in total. The maximum Gasteiger partial charge on any atom is 0.321 e. The van der Waals surface area contributed by atoms with E-state index in [4.69, 9.17) is 14.5 Å². The molecule has 8 heteroatoms. The summed E-state index contributed by atoms with van der Waals surface area (Å²) in [5.41, 5.74) is 2.60. The molecule has 1 fully saturated rings. The van der Waals surface area contributed by atoms with E-state index in [1.165, 1.54) is 0 Å². The molecule has 2 amide bonds. The van der Waals surface area contributed by atoms with Crippen LogP contribution in [0.3, 0.4) is 0 Å². The number of hydrogen-bond donors (Lipinski definition) is 1. The van der Waals surface area contributed by atoms with Crippen molar-refractivity contribution in [2.75, 3.05) is 25.2 Å². The lowest BCUT2D eigenvalue weighted by atomic mass is 10.0. The largest absolute Gasteiger partial charge is 0.454 e. The van der Waals surface area contributed by atoms with Crippen molar-refractivity contribution >= 4 is 22.9 Å². The predicted octanol–water partition coefficient (Wildman–Crippen LogP) is 4.23. The van der Waals surface area contributed by atoms with Gasteiger partial charge in [-0.3, -0.25) is 0 Å². The van der Waals surface area contributed by atoms with E-state index < -0.39 is 0 Å². The number of pyridine rings is 1. The predicted molar refractivity (Wildman–Crippen MR) is 117 cm³/mol. The van der Waals surface area contributed by atoms with E-state index in [0.717, 1.165) is 36.3 Å². The summed E-state index contributed by atoms with van der Waals surface area (Å²) in [4.78, 5) is 24.1. The molecule has 0 radical (unpaired) electrons. The molecular weight excluding hydrogens is 394 g/mol. The Morgan fingerprint density at radius 1 is 1.19 bits per heavy atom. The number of rotatable bonds is 4. The minimum Gasteiger partial charge on any atom is -0.454 e. The maximum atomic E-state index is 12.8. The Kier molecular flexibility index (Phi) is 5.13. The molecule has 0 aliphatic carbocycles. The quantitative estimate of drug-likeness (QED) is 0.682. The SMILES string of the molecule is CC(C)Cc1nc2cccnc2n1C1CCN(C(=O)Nc2ccc3c(c2)OCO3)CC1. The van der Waals surface area contributed by atoms with Crippen molar-refractivity contribution in [3.63, 3.8) is 0 Å². The highest BCUT2D eigenvalue weighted by atomic mass is 16.7. The van der Waals surface area contributed by atoms with Crippen LogP contribution in [0.4, 0.5) is 10.5 Å². The molecule has 0 bridgehead atoms. The number of nitrogens with one attached hydrogen (secondary N) is 1. The van der Waals surface area contributed by atoms with Gasteiger partial charge in [-0.1, -0.05) is 13.8 Å². The van der Waals surface area contributed by atoms with Gasteiger partial charge in [-0.05, 0) is 43.0 Å². The van der Waals surface area contributed by atoms with Crippen LogP contribution in [0.1, 0.15) is 38.6 Å². The van der Waals surface area contributed by atoms with Crippen LogP contribution in [-0.2, 0) is 6.42 Å². The number of imidazole rings is 1. The fourth-order valence-corrected chi connectivity index (χ4v) is 4.37. The van der Waals surface area contributed by atoms with E-state index in [1.807, 2.05) is 35.4 Å². The Morgan fingerprint density at radius 2 is 2.00 bits per heavy atom. The third-order valence-corrected chi connectivity index (χ3v) is 5.85. The first kappa shape index (κ1) is 19.7. The van der Waals surface area contributed by atoms with E-state index >= 15 is 0 Å². The zero-order chi connectivity index (χ0) is 21.4. The van der Waals surface area contributed by atoms with Crippen molar-refractivity contribution in [3.8, 4) is 11.5 Å². The first-order valence-electron chi connectivity index (χ1n) is 10.9. The number of likely N-dealkylation sites (tertiary alicyclic amines) is 1. The van der Waals surface area contributed by atoms with E-state index in [2.05, 4.69) is 28.7 Å². The van der Waals surface area contributed by atoms with Crippen LogP contribution in [-0.4, -0.2) is 45.3 Å². The third kappa shape index (κ3) is 3.89. The lowest BCUT2D eigenvalue weighted by Crippen LogP contribution is -2.41. The van der Waals surface area contributed by atoms with Gasteiger partial charge in [0, 0.05) is 43.5 Å². The molecule has 2 aliphatic heterocycles. The minimum atomic E-state index is -0.0895. The summed E-state index contributed by atoms with van der Waals surface area (Å²) in [6.07, 6.45) is 4.50. The fraction of sp³-hybridized carbons (Fsp3) is 0.435. The average molecular weight is 422 g/mol. The van der Waals surface area contributed by atoms with Gasteiger partial charge < -0.3 is 24.3 Å². The molecule has 1 aromatic carbocycles. The standard InChI is InChI=1S/C23H27N5O3/c1-15(2)12-21-26-18-4-3-9-24-22(18)28(21)17-7-10-27(11-8-17)23(29)25-16-5-6-19-20(13-16)31-14-30-19/h3-6,9,13,15,17H,7-8,10-12,14H2,1-2H3,(H,25,29). The van der Waals surface area contributed by atoms with Crippen LogP contribution in [0, 0.1) is 5.92 Å². The number of piperidine rings is 1. The summed E-state index contributed by atoms with van der Waals surface area (Å²) in [5, 5.41) is 2.98. The van der Waals surface area contributed by atoms with Crippen molar-refractivity contribution in [3.05, 3.63) is 42.4 Å². The fourth-order valence-electron chi connectivity index (χ4n) is 4.37. The summed E-state index contributed by atoms with van der Waals surface area (Å²) >= 11 is 0. The number of urea groups is 1. The van der Waals surface area contributed by atoms with Crippen molar-refractivity contribution in [2.45, 2.75) is 39.2 Å². The molecule has 5 rings (SSSR count). The average Bonchev–Trinajstić information content (AvgIpc) is 3.37. The molecule has 31 heavy (non-hydrogen) atoms. The minimum absolute atomic E-state index is 0.0895. The van der Waals surface area contributed by atoms with Crippen LogP contribution in [0.5, 0.6) is 11.5 Å². The Balaban J connectivity index is 1.28. The summed E-state index contributed by atoms with van der Waals surface area (Å²) in [5.74, 6) is 2.97. The van der Waals surface area contributed by atoms with Gasteiger partial charge in [0.05, 0.1) is 0 Å². The van der Waals surface area contributed by atoms with Crippen molar-refractivity contribution in [1.82, 2.24) is 19.4 Å². The van der Waals surface area contributed by atoms with Crippen molar-refractivity contribution < 1.29 is 14.3 Å². The normalized spacial score (nSPS) is 16.3. The van der Waals surface area contributed by atoms with Gasteiger partial charge in [-0.2, -0.15) is 0 Å². The first-order valence-corrected chi connectivity index (χ1v) is 10.9. The molecule has 1 saturated heterocycles. The Bertz CT molecular complexity index is 1100. The number of amides is 2. The number of carbonyl (C=O) groups is 1. The summed E-state index contributed by atoms with van der Waals surface area (Å²) in [6.45, 7) is 6.01. The molecule has 0 saturated carbocycles. The lowest BCUT2D eigenvalue weighted by molar-refractivity contribution is 0.174. The smallest absolute Gasteiger partial charge is 0.321 e. The van der Waals surface area contributed by atoms with Gasteiger partial charge in [-0.15, -0.1) is 0 Å². The molecule has 2 aromatic heterocycles. The van der Waals surface area contributed by atoms with Crippen LogP contribution >= 0.6 is 0 Å². The third-order valence-electron chi connectivity index (χ3n) is 5.85. The van der Waals surface area contributed by atoms with Crippen LogP contribution in [0.2, 0.25) is 0 Å². The summed E-state index contributed by atoms with van der Waals surface area (Å²) in [7, 11) is 0. The number of nitrogens with zero attached hydrogens (tertiary/aromatic N) is 4. The number of hydrogen-bond acceptors (Lipinski definition) is 5. The monoisotopic (exact) mass is 421 g/mol. The summed E-state index contributed by atoms with van der Waals surface area (Å²) < 4.78 is 13.0. The second-order valence-electron chi connectivity index (χ2n) is 8.56. The van der Waals surface area contributed by atoms with E-state index in [9.17, 15) is 4.79 Å². The van der Waals surface area contributed by atoms with Gasteiger partial charge in [0.25, 0.3) is 0 Å². The molecular formula is C23H27N5O3. The molecule has 8 nitrogen and oxygen atoms in total. The van der Waals surface area contributed by atoms with E-state index in [1.54, 1.807) is 6.07 Å². The molecule has 3 aromatic rings. The number of benzene rings is 1. The number of ether oxygens (including phenoxy) is 2. The Hall–Kier alpha value is -3.29. The van der Waals surface area contributed by atoms with Gasteiger partial charge in [0.15, 0.2) is 17.1 Å². The topological polar surface area (TPSA) is 81.5 Å². The van der Waals surface area contributed by atoms with Gasteiger partial charge in [0.2, 0.25) is 6.79 Å². The number of carbonyl (C=O) groups excluding carboxylic acids is 1. The second kappa shape index (κ2) is 8.09. The van der Waals surface area contributed by atoms with Gasteiger partial charge in [0.1, 0.15) is 11.3 Å². The molecule has 162 valence electrons. The van der Waals surface area contributed by atoms with E-state index in [-0.39, 0.29) is 12.8 Å². The lowest BCUT2D eigenvalue weighted by Gasteiger charge is -2.33. The highest BCUT2D eigenvalue weighted by molar-refractivity contribution is 5.89. The molecule has 4 heterocycles. The zero-order valence-corrected chi connectivity index (χ0v) is 17.9. The second-order valence-corrected chi connectivity index (χ2v) is 8.56. The first-order chi connectivity index (χ1) is 15.1. The van der Waals surface area contributed by atoms with Crippen molar-refractivity contribution in [1.29, 1.82) is 0 Å². The number of aromatic nitrogens is 3. The number of anilines is 1. The van der Waals surface area contributed by atoms with Crippen LogP contribution in [0.25, 0.3) is 11.2 Å². The molecule has 0 atom stereocenters. The highest BCUT2D eigenvalue weighted by Gasteiger charge is 2.27. The zero-order valence-electron chi connectivity index (χ0n) is 17.9. The van der Waals surface area contributed by atoms with Gasteiger partial charge >= 0.3 is 6.03 Å². The van der Waals surface area contributed by atoms with Gasteiger partial charge in [-0.25, -0.2) is 14.8 Å².